The highest BCUT2D eigenvalue weighted by Crippen LogP contribution is 2.19. The second kappa shape index (κ2) is 7.23. The third-order valence-electron chi connectivity index (χ3n) is 4.02. The predicted octanol–water partition coefficient (Wildman–Crippen LogP) is 3.48. The number of hydrogen-bond acceptors (Lipinski definition) is 3. The minimum Gasteiger partial charge on any atom is -0.388 e. The van der Waals surface area contributed by atoms with Crippen LogP contribution in [-0.4, -0.2) is 22.0 Å². The van der Waals surface area contributed by atoms with Crippen LogP contribution in [0.15, 0.2) is 66.9 Å². The summed E-state index contributed by atoms with van der Waals surface area (Å²) >= 11 is 0. The van der Waals surface area contributed by atoms with Crippen molar-refractivity contribution < 1.29 is 9.90 Å². The summed E-state index contributed by atoms with van der Waals surface area (Å²) in [4.78, 5) is 16.9. The fourth-order valence-corrected chi connectivity index (χ4v) is 2.79. The van der Waals surface area contributed by atoms with Gasteiger partial charge in [-0.05, 0) is 31.0 Å². The third kappa shape index (κ3) is 3.60. The highest BCUT2D eigenvalue weighted by atomic mass is 16.3. The maximum absolute atomic E-state index is 12.6. The van der Waals surface area contributed by atoms with Gasteiger partial charge in [0.25, 0.3) is 5.91 Å². The number of para-hydroxylation sites is 1. The van der Waals surface area contributed by atoms with Crippen molar-refractivity contribution >= 4 is 16.8 Å². The summed E-state index contributed by atoms with van der Waals surface area (Å²) in [5, 5.41) is 14.2. The average Bonchev–Trinajstić information content (AvgIpc) is 2.61. The molecule has 122 valence electrons. The number of fused-ring (bicyclic) bond motifs is 1. The molecule has 1 aromatic heterocycles. The molecule has 2 aromatic carbocycles. The van der Waals surface area contributed by atoms with Crippen molar-refractivity contribution in [2.45, 2.75) is 25.5 Å². The Hall–Kier alpha value is -2.72. The maximum Gasteiger partial charge on any atom is 0.253 e. The summed E-state index contributed by atoms with van der Waals surface area (Å²) in [5.41, 5.74) is 2.09. The Labute approximate surface area is 141 Å². The number of amides is 1. The van der Waals surface area contributed by atoms with Crippen molar-refractivity contribution in [2.24, 2.45) is 0 Å². The number of aliphatic hydroxyl groups is 1. The van der Waals surface area contributed by atoms with Crippen LogP contribution in [0.4, 0.5) is 0 Å². The first kappa shape index (κ1) is 16.1. The summed E-state index contributed by atoms with van der Waals surface area (Å²) in [7, 11) is 0. The van der Waals surface area contributed by atoms with Gasteiger partial charge in [0.2, 0.25) is 0 Å². The highest BCUT2D eigenvalue weighted by Gasteiger charge is 2.17. The molecule has 2 N–H and O–H groups in total. The molecular formula is C20H20N2O2. The van der Waals surface area contributed by atoms with Gasteiger partial charge < -0.3 is 10.4 Å². The topological polar surface area (TPSA) is 62.2 Å². The van der Waals surface area contributed by atoms with Gasteiger partial charge >= 0.3 is 0 Å². The predicted molar refractivity (Wildman–Crippen MR) is 94.7 cm³/mol. The molecule has 1 heterocycles. The number of aromatic nitrogens is 1. The summed E-state index contributed by atoms with van der Waals surface area (Å²) < 4.78 is 0. The Kier molecular flexibility index (Phi) is 4.87. The zero-order chi connectivity index (χ0) is 16.9. The minimum atomic E-state index is -0.604. The molecule has 0 unspecified atom stereocenters. The Balaban J connectivity index is 1.70. The number of carbonyl (C=O) groups is 1. The second-order valence-electron chi connectivity index (χ2n) is 5.92. The van der Waals surface area contributed by atoms with Crippen LogP contribution in [0.3, 0.4) is 0 Å². The van der Waals surface area contributed by atoms with E-state index in [0.717, 1.165) is 10.9 Å². The Morgan fingerprint density at radius 2 is 1.83 bits per heavy atom. The standard InChI is InChI=1S/C20H20N2O2/c1-14(13-18(23)15-7-3-2-4-8-15)22-20(24)17-11-5-9-16-10-6-12-21-19(16)17/h2-12,14,18,23H,13H2,1H3,(H,22,24)/t14-,18+/m0/s1. The van der Waals surface area contributed by atoms with Crippen LogP contribution < -0.4 is 5.32 Å². The van der Waals surface area contributed by atoms with Gasteiger partial charge in [0.15, 0.2) is 0 Å². The molecule has 0 aliphatic carbocycles. The van der Waals surface area contributed by atoms with E-state index in [2.05, 4.69) is 10.3 Å². The number of hydrogen-bond donors (Lipinski definition) is 2. The van der Waals surface area contributed by atoms with E-state index in [0.29, 0.717) is 17.5 Å². The van der Waals surface area contributed by atoms with E-state index in [1.807, 2.05) is 61.5 Å². The molecule has 0 spiro atoms. The number of aliphatic hydroxyl groups excluding tert-OH is 1. The van der Waals surface area contributed by atoms with Crippen LogP contribution in [0.5, 0.6) is 0 Å². The number of carbonyl (C=O) groups excluding carboxylic acids is 1. The van der Waals surface area contributed by atoms with Gasteiger partial charge in [0, 0.05) is 17.6 Å². The normalized spacial score (nSPS) is 13.4. The zero-order valence-corrected chi connectivity index (χ0v) is 13.5. The van der Waals surface area contributed by atoms with Gasteiger partial charge in [-0.2, -0.15) is 0 Å². The van der Waals surface area contributed by atoms with E-state index in [-0.39, 0.29) is 11.9 Å². The molecule has 4 heteroatoms. The smallest absolute Gasteiger partial charge is 0.253 e. The molecule has 3 rings (SSSR count). The number of nitrogens with zero attached hydrogens (tertiary/aromatic N) is 1. The number of rotatable bonds is 5. The summed E-state index contributed by atoms with van der Waals surface area (Å²) in [5.74, 6) is -0.174. The number of nitrogens with one attached hydrogen (secondary N) is 1. The summed E-state index contributed by atoms with van der Waals surface area (Å²) in [6.07, 6.45) is 1.53. The molecular weight excluding hydrogens is 300 g/mol. The van der Waals surface area contributed by atoms with Crippen molar-refractivity contribution in [3.8, 4) is 0 Å². The SMILES string of the molecule is C[C@@H](C[C@@H](O)c1ccccc1)NC(=O)c1cccc2cccnc12. The summed E-state index contributed by atoms with van der Waals surface area (Å²) in [6, 6.07) is 18.6. The lowest BCUT2D eigenvalue weighted by Crippen LogP contribution is -2.34. The van der Waals surface area contributed by atoms with Crippen LogP contribution in [0.1, 0.15) is 35.4 Å². The second-order valence-corrected chi connectivity index (χ2v) is 5.92. The van der Waals surface area contributed by atoms with Gasteiger partial charge in [-0.25, -0.2) is 0 Å². The maximum atomic E-state index is 12.6. The van der Waals surface area contributed by atoms with Crippen molar-refractivity contribution in [1.29, 1.82) is 0 Å². The van der Waals surface area contributed by atoms with E-state index < -0.39 is 6.10 Å². The van der Waals surface area contributed by atoms with Crippen LogP contribution in [0.2, 0.25) is 0 Å². The number of benzene rings is 2. The Morgan fingerprint density at radius 3 is 2.62 bits per heavy atom. The first-order valence-electron chi connectivity index (χ1n) is 8.03. The van der Waals surface area contributed by atoms with E-state index in [9.17, 15) is 9.90 Å². The van der Waals surface area contributed by atoms with Crippen LogP contribution in [0, 0.1) is 0 Å². The average molecular weight is 320 g/mol. The van der Waals surface area contributed by atoms with E-state index in [1.54, 1.807) is 12.3 Å². The number of pyridine rings is 1. The van der Waals surface area contributed by atoms with Gasteiger partial charge in [-0.3, -0.25) is 9.78 Å². The monoisotopic (exact) mass is 320 g/mol. The third-order valence-corrected chi connectivity index (χ3v) is 4.02. The summed E-state index contributed by atoms with van der Waals surface area (Å²) in [6.45, 7) is 1.89. The molecule has 0 fully saturated rings. The Morgan fingerprint density at radius 1 is 1.08 bits per heavy atom. The zero-order valence-electron chi connectivity index (χ0n) is 13.5. The van der Waals surface area contributed by atoms with E-state index in [4.69, 9.17) is 0 Å². The molecule has 3 aromatic rings. The van der Waals surface area contributed by atoms with E-state index >= 15 is 0 Å². The van der Waals surface area contributed by atoms with Crippen LogP contribution in [0.25, 0.3) is 10.9 Å². The van der Waals surface area contributed by atoms with Gasteiger partial charge in [-0.15, -0.1) is 0 Å². The van der Waals surface area contributed by atoms with E-state index in [1.165, 1.54) is 0 Å². The van der Waals surface area contributed by atoms with Crippen molar-refractivity contribution in [2.75, 3.05) is 0 Å². The quantitative estimate of drug-likeness (QED) is 0.756. The lowest BCUT2D eigenvalue weighted by molar-refractivity contribution is 0.0918. The molecule has 0 bridgehead atoms. The van der Waals surface area contributed by atoms with Crippen LogP contribution >= 0.6 is 0 Å². The molecule has 0 aliphatic rings. The first-order valence-corrected chi connectivity index (χ1v) is 8.03. The largest absolute Gasteiger partial charge is 0.388 e. The first-order chi connectivity index (χ1) is 11.6. The fraction of sp³-hybridized carbons (Fsp3) is 0.200. The molecule has 0 radical (unpaired) electrons. The van der Waals surface area contributed by atoms with Crippen molar-refractivity contribution in [1.82, 2.24) is 10.3 Å². The van der Waals surface area contributed by atoms with Crippen LogP contribution in [-0.2, 0) is 0 Å². The fourth-order valence-electron chi connectivity index (χ4n) is 2.79. The molecule has 24 heavy (non-hydrogen) atoms. The molecule has 1 amide bonds. The molecule has 2 atom stereocenters. The Bertz CT molecular complexity index is 828. The molecule has 0 saturated heterocycles. The molecule has 4 nitrogen and oxygen atoms in total. The van der Waals surface area contributed by atoms with Crippen molar-refractivity contribution in [3.05, 3.63) is 78.0 Å². The van der Waals surface area contributed by atoms with Gasteiger partial charge in [-0.1, -0.05) is 48.5 Å². The lowest BCUT2D eigenvalue weighted by atomic mass is 10.0. The molecule has 0 saturated carbocycles. The van der Waals surface area contributed by atoms with Gasteiger partial charge in [0.05, 0.1) is 17.2 Å². The van der Waals surface area contributed by atoms with Crippen molar-refractivity contribution in [3.63, 3.8) is 0 Å². The van der Waals surface area contributed by atoms with Gasteiger partial charge in [0.1, 0.15) is 0 Å². The molecule has 0 aliphatic heterocycles. The minimum absolute atomic E-state index is 0.160. The highest BCUT2D eigenvalue weighted by molar-refractivity contribution is 6.05. The lowest BCUT2D eigenvalue weighted by Gasteiger charge is -2.18.